The van der Waals surface area contributed by atoms with Crippen molar-refractivity contribution in [3.63, 3.8) is 0 Å². The highest BCUT2D eigenvalue weighted by molar-refractivity contribution is 4.77. The molecule has 1 rings (SSSR count). The summed E-state index contributed by atoms with van der Waals surface area (Å²) in [5.74, 6) is 0.997. The number of hydrogen-bond acceptors (Lipinski definition) is 4. The van der Waals surface area contributed by atoms with Gasteiger partial charge in [-0.1, -0.05) is 12.8 Å². The largest absolute Gasteiger partial charge is 0.396 e. The Morgan fingerprint density at radius 1 is 1.22 bits per heavy atom. The van der Waals surface area contributed by atoms with Crippen LogP contribution in [0.25, 0.3) is 0 Å². The van der Waals surface area contributed by atoms with Crippen LogP contribution in [0.15, 0.2) is 0 Å². The Morgan fingerprint density at radius 3 is 2.50 bits per heavy atom. The highest BCUT2D eigenvalue weighted by Crippen LogP contribution is 2.28. The summed E-state index contributed by atoms with van der Waals surface area (Å²) in [6, 6.07) is 0. The third-order valence-electron chi connectivity index (χ3n) is 3.71. The molecule has 0 aliphatic heterocycles. The number of aliphatic hydroxyl groups excluding tert-OH is 2. The fraction of sp³-hybridized carbons (Fsp3) is 1.00. The molecule has 0 saturated heterocycles. The third-order valence-corrected chi connectivity index (χ3v) is 3.71. The molecule has 1 aliphatic carbocycles. The highest BCUT2D eigenvalue weighted by Gasteiger charge is 2.24. The van der Waals surface area contributed by atoms with Crippen molar-refractivity contribution < 1.29 is 14.9 Å². The van der Waals surface area contributed by atoms with Crippen LogP contribution in [-0.4, -0.2) is 48.7 Å². The van der Waals surface area contributed by atoms with E-state index in [9.17, 15) is 10.2 Å². The second-order valence-corrected chi connectivity index (χ2v) is 5.68. The van der Waals surface area contributed by atoms with Gasteiger partial charge in [-0.2, -0.15) is 0 Å². The zero-order valence-corrected chi connectivity index (χ0v) is 11.8. The monoisotopic (exact) mass is 259 g/mol. The van der Waals surface area contributed by atoms with Crippen molar-refractivity contribution in [1.29, 1.82) is 0 Å². The lowest BCUT2D eigenvalue weighted by Gasteiger charge is -2.30. The normalized spacial score (nSPS) is 26.5. The maximum atomic E-state index is 9.71. The van der Waals surface area contributed by atoms with E-state index in [4.69, 9.17) is 4.74 Å². The van der Waals surface area contributed by atoms with E-state index in [0.717, 1.165) is 13.0 Å². The Morgan fingerprint density at radius 2 is 1.89 bits per heavy atom. The molecule has 0 amide bonds. The number of aliphatic hydroxyl groups is 2. The number of hydrogen-bond donors (Lipinski definition) is 3. The third kappa shape index (κ3) is 6.14. The zero-order chi connectivity index (χ0) is 13.4. The van der Waals surface area contributed by atoms with Crippen molar-refractivity contribution >= 4 is 0 Å². The van der Waals surface area contributed by atoms with Gasteiger partial charge >= 0.3 is 0 Å². The Hall–Kier alpha value is -0.160. The van der Waals surface area contributed by atoms with Gasteiger partial charge in [-0.05, 0) is 45.1 Å². The molecule has 3 atom stereocenters. The standard InChI is InChI=1S/C14H29NO3/c1-11(2)18-10-14(17)8-15-7-12-5-3-4-6-13(12)9-16/h11-17H,3-10H2,1-2H3. The predicted octanol–water partition coefficient (Wildman–Crippen LogP) is 1.16. The summed E-state index contributed by atoms with van der Waals surface area (Å²) in [7, 11) is 0. The average Bonchev–Trinajstić information content (AvgIpc) is 2.37. The molecule has 4 heteroatoms. The topological polar surface area (TPSA) is 61.7 Å². The van der Waals surface area contributed by atoms with Gasteiger partial charge in [0.05, 0.1) is 18.8 Å². The molecule has 3 unspecified atom stereocenters. The fourth-order valence-electron chi connectivity index (χ4n) is 2.59. The molecule has 4 nitrogen and oxygen atoms in total. The molecule has 0 heterocycles. The maximum Gasteiger partial charge on any atom is 0.0897 e. The minimum Gasteiger partial charge on any atom is -0.396 e. The van der Waals surface area contributed by atoms with Gasteiger partial charge in [-0.15, -0.1) is 0 Å². The van der Waals surface area contributed by atoms with E-state index >= 15 is 0 Å². The van der Waals surface area contributed by atoms with Gasteiger partial charge in [0.25, 0.3) is 0 Å². The van der Waals surface area contributed by atoms with Crippen molar-refractivity contribution in [3.05, 3.63) is 0 Å². The van der Waals surface area contributed by atoms with E-state index in [2.05, 4.69) is 5.32 Å². The summed E-state index contributed by atoms with van der Waals surface area (Å²) in [6.45, 7) is 6.08. The highest BCUT2D eigenvalue weighted by atomic mass is 16.5. The predicted molar refractivity (Wildman–Crippen MR) is 72.5 cm³/mol. The van der Waals surface area contributed by atoms with E-state index in [-0.39, 0.29) is 6.10 Å². The van der Waals surface area contributed by atoms with Crippen LogP contribution in [0.5, 0.6) is 0 Å². The molecule has 0 aromatic rings. The van der Waals surface area contributed by atoms with Crippen LogP contribution < -0.4 is 5.32 Å². The van der Waals surface area contributed by atoms with Crippen LogP contribution in [-0.2, 0) is 4.74 Å². The summed E-state index contributed by atoms with van der Waals surface area (Å²) in [4.78, 5) is 0. The van der Waals surface area contributed by atoms with E-state index in [1.807, 2.05) is 13.8 Å². The molecule has 1 saturated carbocycles. The van der Waals surface area contributed by atoms with Crippen molar-refractivity contribution in [2.75, 3.05) is 26.3 Å². The summed E-state index contributed by atoms with van der Waals surface area (Å²) in [6.07, 6.45) is 4.56. The Kier molecular flexibility index (Phi) is 7.82. The Labute approximate surface area is 111 Å². The summed E-state index contributed by atoms with van der Waals surface area (Å²) in [5.41, 5.74) is 0. The summed E-state index contributed by atoms with van der Waals surface area (Å²) >= 11 is 0. The molecule has 3 N–H and O–H groups in total. The quantitative estimate of drug-likeness (QED) is 0.612. The van der Waals surface area contributed by atoms with Crippen molar-refractivity contribution in [2.45, 2.75) is 51.7 Å². The lowest BCUT2D eigenvalue weighted by molar-refractivity contribution is 0.00549. The zero-order valence-electron chi connectivity index (χ0n) is 11.8. The maximum absolute atomic E-state index is 9.71. The smallest absolute Gasteiger partial charge is 0.0897 e. The van der Waals surface area contributed by atoms with Gasteiger partial charge in [-0.25, -0.2) is 0 Å². The van der Waals surface area contributed by atoms with Gasteiger partial charge in [0, 0.05) is 13.2 Å². The number of ether oxygens (including phenoxy) is 1. The van der Waals surface area contributed by atoms with E-state index in [1.54, 1.807) is 0 Å². The lowest BCUT2D eigenvalue weighted by Crippen LogP contribution is -2.37. The molecule has 0 radical (unpaired) electrons. The average molecular weight is 259 g/mol. The molecular weight excluding hydrogens is 230 g/mol. The molecule has 108 valence electrons. The van der Waals surface area contributed by atoms with Crippen molar-refractivity contribution in [1.82, 2.24) is 5.32 Å². The van der Waals surface area contributed by atoms with Gasteiger partial charge in [0.2, 0.25) is 0 Å². The molecule has 1 fully saturated rings. The molecule has 0 aromatic heterocycles. The molecule has 18 heavy (non-hydrogen) atoms. The second-order valence-electron chi connectivity index (χ2n) is 5.68. The number of rotatable bonds is 8. The number of nitrogens with one attached hydrogen (secondary N) is 1. The van der Waals surface area contributed by atoms with Crippen LogP contribution in [0.2, 0.25) is 0 Å². The van der Waals surface area contributed by atoms with Crippen molar-refractivity contribution in [3.8, 4) is 0 Å². The molecule has 0 spiro atoms. The first kappa shape index (κ1) is 15.9. The molecular formula is C14H29NO3. The van der Waals surface area contributed by atoms with Crippen LogP contribution in [0.3, 0.4) is 0 Å². The molecule has 0 aromatic carbocycles. The first-order valence-corrected chi connectivity index (χ1v) is 7.24. The van der Waals surface area contributed by atoms with Gasteiger partial charge in [0.15, 0.2) is 0 Å². The minimum absolute atomic E-state index is 0.164. The Balaban J connectivity index is 2.12. The second kappa shape index (κ2) is 8.86. The lowest BCUT2D eigenvalue weighted by atomic mass is 9.79. The van der Waals surface area contributed by atoms with Gasteiger partial charge in [-0.3, -0.25) is 0 Å². The summed E-state index contributed by atoms with van der Waals surface area (Å²) < 4.78 is 5.36. The SMILES string of the molecule is CC(C)OCC(O)CNCC1CCCCC1CO. The van der Waals surface area contributed by atoms with Gasteiger partial charge < -0.3 is 20.3 Å². The van der Waals surface area contributed by atoms with Gasteiger partial charge in [0.1, 0.15) is 0 Å². The van der Waals surface area contributed by atoms with Crippen LogP contribution in [0.1, 0.15) is 39.5 Å². The molecule has 0 bridgehead atoms. The minimum atomic E-state index is -0.441. The van der Waals surface area contributed by atoms with Crippen molar-refractivity contribution in [2.24, 2.45) is 11.8 Å². The van der Waals surface area contributed by atoms with E-state index < -0.39 is 6.10 Å². The van der Waals surface area contributed by atoms with Crippen LogP contribution >= 0.6 is 0 Å². The van der Waals surface area contributed by atoms with E-state index in [1.165, 1.54) is 19.3 Å². The van der Waals surface area contributed by atoms with Crippen LogP contribution in [0.4, 0.5) is 0 Å². The fourth-order valence-corrected chi connectivity index (χ4v) is 2.59. The summed E-state index contributed by atoms with van der Waals surface area (Å²) in [5, 5.41) is 22.3. The first-order valence-electron chi connectivity index (χ1n) is 7.24. The van der Waals surface area contributed by atoms with E-state index in [0.29, 0.717) is 31.6 Å². The first-order chi connectivity index (χ1) is 8.63. The molecule has 1 aliphatic rings. The van der Waals surface area contributed by atoms with Crippen LogP contribution in [0, 0.1) is 11.8 Å². The Bertz CT molecular complexity index is 211.